The summed E-state index contributed by atoms with van der Waals surface area (Å²) in [4.78, 5) is 11.4. The number of benzene rings is 1. The van der Waals surface area contributed by atoms with Crippen molar-refractivity contribution in [1.29, 1.82) is 0 Å². The van der Waals surface area contributed by atoms with Crippen LogP contribution >= 0.6 is 12.4 Å². The number of esters is 1. The Hall–Kier alpha value is -1.48. The van der Waals surface area contributed by atoms with Crippen molar-refractivity contribution in [2.24, 2.45) is 0 Å². The number of hydrogen-bond acceptors (Lipinski definition) is 5. The summed E-state index contributed by atoms with van der Waals surface area (Å²) in [6.45, 7) is 3.39. The lowest BCUT2D eigenvalue weighted by atomic mass is 10.1. The fourth-order valence-electron chi connectivity index (χ4n) is 2.15. The van der Waals surface area contributed by atoms with Gasteiger partial charge in [-0.05, 0) is 38.1 Å². The number of hydrogen-bond donors (Lipinski definition) is 2. The lowest BCUT2D eigenvalue weighted by Gasteiger charge is -2.15. The van der Waals surface area contributed by atoms with Crippen LogP contribution in [0.4, 0.5) is 4.39 Å². The Morgan fingerprint density at radius 1 is 1.38 bits per heavy atom. The molecule has 9 heteroatoms. The van der Waals surface area contributed by atoms with E-state index >= 15 is 0 Å². The SMILES string of the molecule is CCOC(=O)c1cc(F)cc(S(=O)(=O)NCC2=CCNCC2)c1.Cl. The van der Waals surface area contributed by atoms with Crippen molar-refractivity contribution in [3.8, 4) is 0 Å². The standard InChI is InChI=1S/C15H19FN2O4S.ClH/c1-2-22-15(19)12-7-13(16)9-14(8-12)23(20,21)18-10-11-3-5-17-6-4-11;/h3,7-9,17-18H,2,4-6,10H2,1H3;1H. The van der Waals surface area contributed by atoms with E-state index in [0.717, 1.165) is 36.7 Å². The van der Waals surface area contributed by atoms with Gasteiger partial charge >= 0.3 is 5.97 Å². The van der Waals surface area contributed by atoms with E-state index in [1.807, 2.05) is 6.08 Å². The molecule has 0 saturated carbocycles. The van der Waals surface area contributed by atoms with Crippen LogP contribution in [0.1, 0.15) is 23.7 Å². The summed E-state index contributed by atoms with van der Waals surface area (Å²) in [6.07, 6.45) is 2.67. The number of sulfonamides is 1. The van der Waals surface area contributed by atoms with Crippen LogP contribution in [0, 0.1) is 5.82 Å². The van der Waals surface area contributed by atoms with Crippen molar-refractivity contribution in [1.82, 2.24) is 10.0 Å². The van der Waals surface area contributed by atoms with Crippen LogP contribution < -0.4 is 10.0 Å². The predicted molar refractivity (Wildman–Crippen MR) is 90.4 cm³/mol. The summed E-state index contributed by atoms with van der Waals surface area (Å²) in [5.41, 5.74) is 0.836. The molecule has 1 heterocycles. The van der Waals surface area contributed by atoms with E-state index in [9.17, 15) is 17.6 Å². The molecule has 0 fully saturated rings. The smallest absolute Gasteiger partial charge is 0.338 e. The molecule has 0 unspecified atom stereocenters. The molecule has 2 rings (SSSR count). The molecule has 1 aliphatic rings. The van der Waals surface area contributed by atoms with Crippen LogP contribution in [-0.2, 0) is 14.8 Å². The minimum Gasteiger partial charge on any atom is -0.462 e. The number of halogens is 2. The van der Waals surface area contributed by atoms with E-state index in [-0.39, 0.29) is 36.0 Å². The number of ether oxygens (including phenoxy) is 1. The third kappa shape index (κ3) is 5.55. The highest BCUT2D eigenvalue weighted by Crippen LogP contribution is 2.16. The Labute approximate surface area is 146 Å². The predicted octanol–water partition coefficient (Wildman–Crippen LogP) is 1.62. The molecule has 0 radical (unpaired) electrons. The van der Waals surface area contributed by atoms with Gasteiger partial charge in [-0.25, -0.2) is 22.3 Å². The largest absolute Gasteiger partial charge is 0.462 e. The monoisotopic (exact) mass is 378 g/mol. The van der Waals surface area contributed by atoms with Crippen LogP contribution in [0.15, 0.2) is 34.7 Å². The lowest BCUT2D eigenvalue weighted by molar-refractivity contribution is 0.0525. The van der Waals surface area contributed by atoms with Gasteiger partial charge in [0.1, 0.15) is 5.82 Å². The van der Waals surface area contributed by atoms with Gasteiger partial charge in [-0.1, -0.05) is 11.6 Å². The molecular weight excluding hydrogens is 359 g/mol. The molecule has 0 bridgehead atoms. The highest BCUT2D eigenvalue weighted by atomic mass is 35.5. The summed E-state index contributed by atoms with van der Waals surface area (Å²) < 4.78 is 45.4. The number of carbonyl (C=O) groups is 1. The minimum atomic E-state index is -3.91. The van der Waals surface area contributed by atoms with Gasteiger partial charge in [0.25, 0.3) is 0 Å². The Morgan fingerprint density at radius 3 is 2.75 bits per heavy atom. The maximum absolute atomic E-state index is 13.6. The van der Waals surface area contributed by atoms with Gasteiger partial charge < -0.3 is 10.1 Å². The summed E-state index contributed by atoms with van der Waals surface area (Å²) in [6, 6.07) is 2.94. The first kappa shape index (κ1) is 20.6. The molecule has 0 saturated heterocycles. The first-order valence-corrected chi connectivity index (χ1v) is 8.76. The zero-order valence-corrected chi connectivity index (χ0v) is 14.8. The second kappa shape index (κ2) is 9.12. The Balaban J connectivity index is 0.00000288. The van der Waals surface area contributed by atoms with Gasteiger partial charge in [-0.15, -0.1) is 12.4 Å². The third-order valence-corrected chi connectivity index (χ3v) is 4.72. The maximum Gasteiger partial charge on any atom is 0.338 e. The number of nitrogens with one attached hydrogen (secondary N) is 2. The molecular formula is C15H20ClFN2O4S. The normalized spacial score (nSPS) is 14.5. The fourth-order valence-corrected chi connectivity index (χ4v) is 3.24. The molecule has 1 aromatic rings. The summed E-state index contributed by atoms with van der Waals surface area (Å²) >= 11 is 0. The molecule has 0 amide bonds. The zero-order chi connectivity index (χ0) is 16.9. The van der Waals surface area contributed by atoms with Crippen molar-refractivity contribution >= 4 is 28.4 Å². The van der Waals surface area contributed by atoms with Gasteiger partial charge in [-0.2, -0.15) is 0 Å². The van der Waals surface area contributed by atoms with Crippen LogP contribution in [-0.4, -0.2) is 40.6 Å². The van der Waals surface area contributed by atoms with Crippen LogP contribution in [0.3, 0.4) is 0 Å². The van der Waals surface area contributed by atoms with Gasteiger partial charge in [0.05, 0.1) is 17.1 Å². The van der Waals surface area contributed by atoms with E-state index in [1.165, 1.54) is 0 Å². The van der Waals surface area contributed by atoms with Gasteiger partial charge in [-0.3, -0.25) is 0 Å². The van der Waals surface area contributed by atoms with E-state index < -0.39 is 21.8 Å². The van der Waals surface area contributed by atoms with Gasteiger partial charge in [0.2, 0.25) is 10.0 Å². The molecule has 134 valence electrons. The summed E-state index contributed by atoms with van der Waals surface area (Å²) in [5.74, 6) is -1.57. The average molecular weight is 379 g/mol. The highest BCUT2D eigenvalue weighted by molar-refractivity contribution is 7.89. The van der Waals surface area contributed by atoms with Crippen LogP contribution in [0.25, 0.3) is 0 Å². The van der Waals surface area contributed by atoms with E-state index in [1.54, 1.807) is 6.92 Å². The molecule has 1 aliphatic heterocycles. The van der Waals surface area contributed by atoms with Crippen molar-refractivity contribution in [2.75, 3.05) is 26.2 Å². The molecule has 1 aromatic carbocycles. The fraction of sp³-hybridized carbons (Fsp3) is 0.400. The first-order valence-electron chi connectivity index (χ1n) is 7.28. The summed E-state index contributed by atoms with van der Waals surface area (Å²) in [7, 11) is -3.91. The van der Waals surface area contributed by atoms with Crippen molar-refractivity contribution < 1.29 is 22.3 Å². The van der Waals surface area contributed by atoms with Gasteiger partial charge in [0.15, 0.2) is 0 Å². The second-order valence-electron chi connectivity index (χ2n) is 5.04. The first-order chi connectivity index (χ1) is 10.9. The molecule has 0 spiro atoms. The lowest BCUT2D eigenvalue weighted by Crippen LogP contribution is -2.30. The molecule has 0 aliphatic carbocycles. The molecule has 24 heavy (non-hydrogen) atoms. The number of carbonyl (C=O) groups excluding carboxylic acids is 1. The number of rotatable bonds is 6. The highest BCUT2D eigenvalue weighted by Gasteiger charge is 2.19. The Bertz CT molecular complexity index is 722. The zero-order valence-electron chi connectivity index (χ0n) is 13.2. The second-order valence-corrected chi connectivity index (χ2v) is 6.80. The van der Waals surface area contributed by atoms with Gasteiger partial charge in [0, 0.05) is 13.1 Å². The van der Waals surface area contributed by atoms with Crippen molar-refractivity contribution in [3.63, 3.8) is 0 Å². The minimum absolute atomic E-state index is 0. The maximum atomic E-state index is 13.6. The van der Waals surface area contributed by atoms with E-state index in [2.05, 4.69) is 10.0 Å². The Kier molecular flexibility index (Phi) is 7.82. The average Bonchev–Trinajstić information content (AvgIpc) is 2.54. The quantitative estimate of drug-likeness (QED) is 0.580. The molecule has 0 aromatic heterocycles. The van der Waals surface area contributed by atoms with E-state index in [4.69, 9.17) is 4.74 Å². The van der Waals surface area contributed by atoms with E-state index in [0.29, 0.717) is 6.54 Å². The Morgan fingerprint density at radius 2 is 2.12 bits per heavy atom. The topological polar surface area (TPSA) is 84.5 Å². The van der Waals surface area contributed by atoms with Crippen LogP contribution in [0.5, 0.6) is 0 Å². The molecule has 0 atom stereocenters. The molecule has 6 nitrogen and oxygen atoms in total. The molecule has 2 N–H and O–H groups in total. The van der Waals surface area contributed by atoms with Crippen molar-refractivity contribution in [2.45, 2.75) is 18.2 Å². The summed E-state index contributed by atoms with van der Waals surface area (Å²) in [5, 5.41) is 3.13. The third-order valence-electron chi connectivity index (χ3n) is 3.34. The van der Waals surface area contributed by atoms with Crippen LogP contribution in [0.2, 0.25) is 0 Å². The van der Waals surface area contributed by atoms with Crippen molar-refractivity contribution in [3.05, 3.63) is 41.2 Å².